The molecule has 1 aliphatic heterocycles. The van der Waals surface area contributed by atoms with Crippen LogP contribution in [0, 0.1) is 0 Å². The van der Waals surface area contributed by atoms with E-state index < -0.39 is 6.09 Å². The molecule has 1 fully saturated rings. The lowest BCUT2D eigenvalue weighted by Crippen LogP contribution is -2.28. The molecule has 0 bridgehead atoms. The fourth-order valence-corrected chi connectivity index (χ4v) is 3.49. The van der Waals surface area contributed by atoms with Crippen LogP contribution in [0.2, 0.25) is 0 Å². The van der Waals surface area contributed by atoms with E-state index in [1.807, 2.05) is 48.5 Å². The summed E-state index contributed by atoms with van der Waals surface area (Å²) in [6.45, 7) is 1.95. The Bertz CT molecular complexity index is 788. The van der Waals surface area contributed by atoms with E-state index >= 15 is 0 Å². The van der Waals surface area contributed by atoms with Gasteiger partial charge in [0.1, 0.15) is 5.75 Å². The summed E-state index contributed by atoms with van der Waals surface area (Å²) >= 11 is 0. The normalized spacial score (nSPS) is 16.4. The summed E-state index contributed by atoms with van der Waals surface area (Å²) in [6, 6.07) is 15.5. The van der Waals surface area contributed by atoms with Gasteiger partial charge in [0, 0.05) is 18.7 Å². The fourth-order valence-electron chi connectivity index (χ4n) is 3.49. The van der Waals surface area contributed by atoms with E-state index in [4.69, 9.17) is 14.2 Å². The van der Waals surface area contributed by atoms with Gasteiger partial charge < -0.3 is 19.3 Å². The topological polar surface area (TPSA) is 68.2 Å². The number of para-hydroxylation sites is 1. The Morgan fingerprint density at radius 3 is 2.72 bits per heavy atom. The minimum absolute atomic E-state index is 0.0877. The van der Waals surface area contributed by atoms with Crippen molar-refractivity contribution in [2.45, 2.75) is 45.1 Å². The number of amides is 1. The molecule has 1 saturated heterocycles. The molecule has 29 heavy (non-hydrogen) atoms. The average Bonchev–Trinajstić information content (AvgIpc) is 2.74. The Hall–Kier alpha value is -2.57. The van der Waals surface area contributed by atoms with E-state index in [1.54, 1.807) is 7.11 Å². The molecule has 2 aromatic carbocycles. The number of carboxylic acid groups (broad SMARTS) is 1. The summed E-state index contributed by atoms with van der Waals surface area (Å²) in [6.07, 6.45) is 2.94. The highest BCUT2D eigenvalue weighted by molar-refractivity contribution is 5.65. The minimum Gasteiger partial charge on any atom is -0.496 e. The maximum atomic E-state index is 11.8. The van der Waals surface area contributed by atoms with Crippen LogP contribution >= 0.6 is 0 Å². The molecular formula is C23H29NO5. The summed E-state index contributed by atoms with van der Waals surface area (Å²) in [4.78, 5) is 13.2. The molecule has 6 nitrogen and oxygen atoms in total. The smallest absolute Gasteiger partial charge is 0.407 e. The predicted octanol–water partition coefficient (Wildman–Crippen LogP) is 4.46. The minimum atomic E-state index is -0.959. The first-order valence-corrected chi connectivity index (χ1v) is 10.1. The van der Waals surface area contributed by atoms with E-state index in [9.17, 15) is 9.90 Å². The number of nitrogens with zero attached hydrogens (tertiary/aromatic N) is 1. The highest BCUT2D eigenvalue weighted by atomic mass is 16.7. The summed E-state index contributed by atoms with van der Waals surface area (Å²) in [7, 11) is 1.59. The first-order valence-electron chi connectivity index (χ1n) is 10.1. The van der Waals surface area contributed by atoms with Gasteiger partial charge >= 0.3 is 6.09 Å². The molecule has 1 N–H and O–H groups in total. The molecule has 1 unspecified atom stereocenters. The summed E-state index contributed by atoms with van der Waals surface area (Å²) in [5, 5.41) is 9.67. The van der Waals surface area contributed by atoms with Crippen molar-refractivity contribution in [3.8, 4) is 5.75 Å². The quantitative estimate of drug-likeness (QED) is 0.674. The molecule has 6 heteroatoms. The molecule has 1 heterocycles. The van der Waals surface area contributed by atoms with E-state index in [1.165, 1.54) is 4.90 Å². The highest BCUT2D eigenvalue weighted by Crippen LogP contribution is 2.21. The van der Waals surface area contributed by atoms with Crippen molar-refractivity contribution in [3.05, 3.63) is 65.2 Å². The van der Waals surface area contributed by atoms with Crippen LogP contribution in [0.5, 0.6) is 5.75 Å². The van der Waals surface area contributed by atoms with Crippen LogP contribution in [0.1, 0.15) is 36.0 Å². The molecule has 0 radical (unpaired) electrons. The van der Waals surface area contributed by atoms with E-state index in [2.05, 4.69) is 0 Å². The van der Waals surface area contributed by atoms with Crippen LogP contribution in [0.25, 0.3) is 0 Å². The van der Waals surface area contributed by atoms with Crippen molar-refractivity contribution in [3.63, 3.8) is 0 Å². The Morgan fingerprint density at radius 2 is 1.97 bits per heavy atom. The van der Waals surface area contributed by atoms with Crippen LogP contribution in [0.15, 0.2) is 48.5 Å². The second kappa shape index (κ2) is 10.8. The molecular weight excluding hydrogens is 370 g/mol. The molecule has 0 aliphatic carbocycles. The molecule has 0 spiro atoms. The molecule has 0 aromatic heterocycles. The Balaban J connectivity index is 1.58. The van der Waals surface area contributed by atoms with E-state index in [0.717, 1.165) is 49.0 Å². The Labute approximate surface area is 172 Å². The highest BCUT2D eigenvalue weighted by Gasteiger charge is 2.16. The SMILES string of the molecule is COc1ccccc1CN(Cc1cccc(CCOC2CCCCO2)c1)C(=O)O. The maximum absolute atomic E-state index is 11.8. The zero-order valence-corrected chi connectivity index (χ0v) is 16.9. The third-order valence-electron chi connectivity index (χ3n) is 5.02. The second-order valence-corrected chi connectivity index (χ2v) is 7.19. The number of benzene rings is 2. The lowest BCUT2D eigenvalue weighted by atomic mass is 10.1. The standard InChI is InChI=1S/C23H29NO5/c1-27-21-10-3-2-9-20(21)17-24(23(25)26)16-19-8-6-7-18(15-19)12-14-29-22-11-4-5-13-28-22/h2-3,6-10,15,22H,4-5,11-14,16-17H2,1H3,(H,25,26). The Morgan fingerprint density at radius 1 is 1.14 bits per heavy atom. The third-order valence-corrected chi connectivity index (χ3v) is 5.02. The summed E-state index contributed by atoms with van der Waals surface area (Å²) < 4.78 is 16.7. The number of hydrogen-bond acceptors (Lipinski definition) is 4. The monoisotopic (exact) mass is 399 g/mol. The van der Waals surface area contributed by atoms with Crippen LogP contribution in [0.3, 0.4) is 0 Å². The first-order chi connectivity index (χ1) is 14.2. The van der Waals surface area contributed by atoms with Crippen LogP contribution in [-0.2, 0) is 29.0 Å². The lowest BCUT2D eigenvalue weighted by molar-refractivity contribution is -0.161. The molecule has 1 aliphatic rings. The molecule has 3 rings (SSSR count). The number of rotatable bonds is 9. The third kappa shape index (κ3) is 6.48. The van der Waals surface area contributed by atoms with Crippen molar-refractivity contribution in [2.75, 3.05) is 20.3 Å². The van der Waals surface area contributed by atoms with Gasteiger partial charge in [-0.2, -0.15) is 0 Å². The van der Waals surface area contributed by atoms with Crippen molar-refractivity contribution >= 4 is 6.09 Å². The Kier molecular flexibility index (Phi) is 7.90. The van der Waals surface area contributed by atoms with Gasteiger partial charge in [0.05, 0.1) is 20.3 Å². The zero-order chi connectivity index (χ0) is 20.5. The molecule has 2 aromatic rings. The van der Waals surface area contributed by atoms with Gasteiger partial charge in [-0.05, 0) is 42.9 Å². The molecule has 156 valence electrons. The number of carbonyl (C=O) groups is 1. The van der Waals surface area contributed by atoms with Gasteiger partial charge in [0.2, 0.25) is 0 Å². The van der Waals surface area contributed by atoms with Crippen molar-refractivity contribution in [1.29, 1.82) is 0 Å². The van der Waals surface area contributed by atoms with Gasteiger partial charge in [0.25, 0.3) is 0 Å². The molecule has 0 saturated carbocycles. The molecule has 1 amide bonds. The van der Waals surface area contributed by atoms with Gasteiger partial charge in [-0.25, -0.2) is 4.79 Å². The van der Waals surface area contributed by atoms with Gasteiger partial charge in [0.15, 0.2) is 6.29 Å². The van der Waals surface area contributed by atoms with E-state index in [0.29, 0.717) is 18.9 Å². The van der Waals surface area contributed by atoms with Crippen LogP contribution in [-0.4, -0.2) is 42.7 Å². The van der Waals surface area contributed by atoms with Crippen LogP contribution in [0.4, 0.5) is 4.79 Å². The number of methoxy groups -OCH3 is 1. The van der Waals surface area contributed by atoms with E-state index in [-0.39, 0.29) is 12.8 Å². The summed E-state index contributed by atoms with van der Waals surface area (Å²) in [5.41, 5.74) is 2.92. The summed E-state index contributed by atoms with van der Waals surface area (Å²) in [5.74, 6) is 0.689. The number of hydrogen-bond donors (Lipinski definition) is 1. The maximum Gasteiger partial charge on any atom is 0.407 e. The van der Waals surface area contributed by atoms with Crippen molar-refractivity contribution in [2.24, 2.45) is 0 Å². The molecule has 1 atom stereocenters. The van der Waals surface area contributed by atoms with Crippen LogP contribution < -0.4 is 4.74 Å². The fraction of sp³-hybridized carbons (Fsp3) is 0.435. The first kappa shape index (κ1) is 21.1. The largest absolute Gasteiger partial charge is 0.496 e. The zero-order valence-electron chi connectivity index (χ0n) is 16.9. The second-order valence-electron chi connectivity index (χ2n) is 7.19. The number of ether oxygens (including phenoxy) is 3. The average molecular weight is 399 g/mol. The van der Waals surface area contributed by atoms with Crippen molar-refractivity contribution < 1.29 is 24.1 Å². The van der Waals surface area contributed by atoms with Crippen molar-refractivity contribution in [1.82, 2.24) is 4.90 Å². The predicted molar refractivity (Wildman–Crippen MR) is 110 cm³/mol. The van der Waals surface area contributed by atoms with Gasteiger partial charge in [-0.15, -0.1) is 0 Å². The van der Waals surface area contributed by atoms with Gasteiger partial charge in [-0.1, -0.05) is 42.5 Å². The van der Waals surface area contributed by atoms with Gasteiger partial charge in [-0.3, -0.25) is 4.90 Å². The lowest BCUT2D eigenvalue weighted by Gasteiger charge is -2.23.